The maximum absolute atomic E-state index is 12.0. The molecule has 0 fully saturated rings. The van der Waals surface area contributed by atoms with E-state index in [0.29, 0.717) is 0 Å². The van der Waals surface area contributed by atoms with E-state index in [-0.39, 0.29) is 37.7 Å². The minimum absolute atomic E-state index is 0.0115. The Morgan fingerprint density at radius 2 is 1.64 bits per heavy atom. The molecular formula is C15H23NO6. The van der Waals surface area contributed by atoms with Gasteiger partial charge in [0, 0.05) is 5.57 Å². The third-order valence-electron chi connectivity index (χ3n) is 2.42. The van der Waals surface area contributed by atoms with Crippen molar-refractivity contribution in [3.05, 3.63) is 24.5 Å². The predicted molar refractivity (Wildman–Crippen MR) is 79.7 cm³/mol. The Balaban J connectivity index is 4.51. The summed E-state index contributed by atoms with van der Waals surface area (Å²) in [5.41, 5.74) is 0.264. The summed E-state index contributed by atoms with van der Waals surface area (Å²) in [5, 5.41) is 2.47. The first-order chi connectivity index (χ1) is 10.3. The summed E-state index contributed by atoms with van der Waals surface area (Å²) >= 11 is 0. The SMILES string of the molecule is C=C(C)C(=O)OCCNC(=O)C(C(=C)OCC)C(=O)OCC. The predicted octanol–water partition coefficient (Wildman–Crippen LogP) is 0.951. The van der Waals surface area contributed by atoms with Gasteiger partial charge in [-0.2, -0.15) is 0 Å². The van der Waals surface area contributed by atoms with E-state index < -0.39 is 23.8 Å². The molecule has 0 aliphatic rings. The molecule has 0 aliphatic heterocycles. The largest absolute Gasteiger partial charge is 0.497 e. The summed E-state index contributed by atoms with van der Waals surface area (Å²) < 4.78 is 14.8. The molecule has 7 nitrogen and oxygen atoms in total. The maximum atomic E-state index is 12.0. The zero-order valence-electron chi connectivity index (χ0n) is 13.3. The van der Waals surface area contributed by atoms with E-state index in [9.17, 15) is 14.4 Å². The Morgan fingerprint density at radius 1 is 1.05 bits per heavy atom. The Labute approximate surface area is 130 Å². The molecule has 0 aromatic rings. The number of rotatable bonds is 10. The molecule has 0 saturated heterocycles. The molecule has 124 valence electrons. The molecule has 7 heteroatoms. The smallest absolute Gasteiger partial charge is 0.333 e. The number of nitrogens with one attached hydrogen (secondary N) is 1. The van der Waals surface area contributed by atoms with Crippen LogP contribution >= 0.6 is 0 Å². The molecule has 0 bridgehead atoms. The molecule has 1 unspecified atom stereocenters. The number of esters is 2. The van der Waals surface area contributed by atoms with Gasteiger partial charge in [-0.15, -0.1) is 0 Å². The number of carbonyl (C=O) groups is 3. The number of hydrogen-bond acceptors (Lipinski definition) is 6. The summed E-state index contributed by atoms with van der Waals surface area (Å²) in [6.45, 7) is 12.3. The fourth-order valence-corrected chi connectivity index (χ4v) is 1.42. The number of amides is 1. The summed E-state index contributed by atoms with van der Waals surface area (Å²) in [6.07, 6.45) is 0. The van der Waals surface area contributed by atoms with Crippen molar-refractivity contribution in [2.45, 2.75) is 20.8 Å². The van der Waals surface area contributed by atoms with Crippen LogP contribution in [0.3, 0.4) is 0 Å². The average Bonchev–Trinajstić information content (AvgIpc) is 2.44. The van der Waals surface area contributed by atoms with E-state index in [1.165, 1.54) is 6.92 Å². The molecule has 0 radical (unpaired) electrons. The lowest BCUT2D eigenvalue weighted by atomic mass is 10.1. The lowest BCUT2D eigenvalue weighted by molar-refractivity contribution is -0.152. The van der Waals surface area contributed by atoms with Crippen molar-refractivity contribution < 1.29 is 28.6 Å². The third kappa shape index (κ3) is 6.92. The van der Waals surface area contributed by atoms with Crippen LogP contribution in [0.2, 0.25) is 0 Å². The molecule has 1 atom stereocenters. The number of carbonyl (C=O) groups excluding carboxylic acids is 3. The molecule has 0 spiro atoms. The lowest BCUT2D eigenvalue weighted by Gasteiger charge is -2.17. The van der Waals surface area contributed by atoms with E-state index in [0.717, 1.165) is 0 Å². The number of ether oxygens (including phenoxy) is 3. The summed E-state index contributed by atoms with van der Waals surface area (Å²) in [5.74, 6) is -3.15. The van der Waals surface area contributed by atoms with Crippen LogP contribution in [0.1, 0.15) is 20.8 Å². The first kappa shape index (κ1) is 19.7. The fraction of sp³-hybridized carbons (Fsp3) is 0.533. The van der Waals surface area contributed by atoms with Gasteiger partial charge >= 0.3 is 11.9 Å². The van der Waals surface area contributed by atoms with Crippen LogP contribution in [0.4, 0.5) is 0 Å². The van der Waals surface area contributed by atoms with Crippen LogP contribution in [-0.2, 0) is 28.6 Å². The van der Waals surface area contributed by atoms with Crippen molar-refractivity contribution in [2.75, 3.05) is 26.4 Å². The normalized spacial score (nSPS) is 11.0. The van der Waals surface area contributed by atoms with Crippen LogP contribution in [0.15, 0.2) is 24.5 Å². The molecule has 1 N–H and O–H groups in total. The second kappa shape index (κ2) is 10.4. The van der Waals surface area contributed by atoms with Crippen LogP contribution in [0.25, 0.3) is 0 Å². The van der Waals surface area contributed by atoms with Gasteiger partial charge in [-0.1, -0.05) is 13.2 Å². The van der Waals surface area contributed by atoms with Gasteiger partial charge in [0.05, 0.1) is 19.8 Å². The van der Waals surface area contributed by atoms with E-state index in [4.69, 9.17) is 14.2 Å². The Hall–Kier alpha value is -2.31. The monoisotopic (exact) mass is 313 g/mol. The van der Waals surface area contributed by atoms with Crippen molar-refractivity contribution in [2.24, 2.45) is 5.92 Å². The molecule has 0 rings (SSSR count). The molecule has 22 heavy (non-hydrogen) atoms. The zero-order chi connectivity index (χ0) is 17.1. The molecule has 0 heterocycles. The minimum atomic E-state index is -1.25. The third-order valence-corrected chi connectivity index (χ3v) is 2.42. The highest BCUT2D eigenvalue weighted by molar-refractivity contribution is 6.00. The minimum Gasteiger partial charge on any atom is -0.497 e. The Morgan fingerprint density at radius 3 is 2.14 bits per heavy atom. The van der Waals surface area contributed by atoms with Crippen molar-refractivity contribution in [1.29, 1.82) is 0 Å². The fourth-order valence-electron chi connectivity index (χ4n) is 1.42. The molecular weight excluding hydrogens is 290 g/mol. The molecule has 0 saturated carbocycles. The summed E-state index contributed by atoms with van der Waals surface area (Å²) in [7, 11) is 0. The van der Waals surface area contributed by atoms with Crippen molar-refractivity contribution in [3.8, 4) is 0 Å². The van der Waals surface area contributed by atoms with E-state index in [1.54, 1.807) is 13.8 Å². The van der Waals surface area contributed by atoms with Gasteiger partial charge < -0.3 is 19.5 Å². The first-order valence-corrected chi connectivity index (χ1v) is 6.93. The molecule has 1 amide bonds. The van der Waals surface area contributed by atoms with Gasteiger partial charge in [0.2, 0.25) is 5.91 Å². The van der Waals surface area contributed by atoms with Gasteiger partial charge in [-0.3, -0.25) is 9.59 Å². The van der Waals surface area contributed by atoms with Gasteiger partial charge in [-0.25, -0.2) is 4.79 Å². The summed E-state index contributed by atoms with van der Waals surface area (Å²) in [6, 6.07) is 0. The van der Waals surface area contributed by atoms with Gasteiger partial charge in [0.1, 0.15) is 12.4 Å². The Bertz CT molecular complexity index is 425. The summed E-state index contributed by atoms with van der Waals surface area (Å²) in [4.78, 5) is 35.0. The number of hydrogen-bond donors (Lipinski definition) is 1. The average molecular weight is 313 g/mol. The maximum Gasteiger partial charge on any atom is 0.333 e. The molecule has 0 aliphatic carbocycles. The second-order valence-electron chi connectivity index (χ2n) is 4.29. The lowest BCUT2D eigenvalue weighted by Crippen LogP contribution is -2.39. The van der Waals surface area contributed by atoms with Gasteiger partial charge in [-0.05, 0) is 20.8 Å². The standard InChI is InChI=1S/C15H23NO6/c1-6-20-11(5)12(15(19)21-7-2)13(17)16-8-9-22-14(18)10(3)4/h12H,3,5-9H2,1-2,4H3,(H,16,17). The zero-order valence-corrected chi connectivity index (χ0v) is 13.3. The first-order valence-electron chi connectivity index (χ1n) is 6.93. The highest BCUT2D eigenvalue weighted by Gasteiger charge is 2.32. The van der Waals surface area contributed by atoms with Crippen LogP contribution < -0.4 is 5.32 Å². The van der Waals surface area contributed by atoms with Crippen molar-refractivity contribution in [3.63, 3.8) is 0 Å². The highest BCUT2D eigenvalue weighted by Crippen LogP contribution is 2.13. The quantitative estimate of drug-likeness (QED) is 0.212. The molecule has 0 aromatic heterocycles. The molecule has 0 aromatic carbocycles. The van der Waals surface area contributed by atoms with Gasteiger partial charge in [0.25, 0.3) is 0 Å². The van der Waals surface area contributed by atoms with E-state index in [2.05, 4.69) is 18.5 Å². The highest BCUT2D eigenvalue weighted by atomic mass is 16.5. The van der Waals surface area contributed by atoms with Crippen LogP contribution in [0, 0.1) is 5.92 Å². The van der Waals surface area contributed by atoms with Crippen molar-refractivity contribution in [1.82, 2.24) is 5.32 Å². The Kier molecular flexibility index (Phi) is 9.33. The van der Waals surface area contributed by atoms with Crippen LogP contribution in [-0.4, -0.2) is 44.2 Å². The second-order valence-corrected chi connectivity index (χ2v) is 4.29. The van der Waals surface area contributed by atoms with E-state index in [1.807, 2.05) is 0 Å². The van der Waals surface area contributed by atoms with E-state index >= 15 is 0 Å². The van der Waals surface area contributed by atoms with Gasteiger partial charge in [0.15, 0.2) is 5.92 Å². The van der Waals surface area contributed by atoms with Crippen LogP contribution in [0.5, 0.6) is 0 Å². The topological polar surface area (TPSA) is 90.9 Å². The van der Waals surface area contributed by atoms with Crippen molar-refractivity contribution >= 4 is 17.8 Å².